The summed E-state index contributed by atoms with van der Waals surface area (Å²) in [4.78, 5) is 31.6. The molecule has 5 rings (SSSR count). The molecular formula is C29H45N3O4. The summed E-state index contributed by atoms with van der Waals surface area (Å²) >= 11 is 0. The summed E-state index contributed by atoms with van der Waals surface area (Å²) in [6, 6.07) is 0.0405. The molecular weight excluding hydrogens is 454 g/mol. The van der Waals surface area contributed by atoms with Crippen LogP contribution in [0.3, 0.4) is 0 Å². The Kier molecular flexibility index (Phi) is 7.10. The van der Waals surface area contributed by atoms with Crippen molar-refractivity contribution >= 4 is 17.6 Å². The van der Waals surface area contributed by atoms with Crippen molar-refractivity contribution < 1.29 is 19.5 Å². The molecule has 2 unspecified atom stereocenters. The third-order valence-electron chi connectivity index (χ3n) is 11.1. The van der Waals surface area contributed by atoms with Crippen LogP contribution in [-0.4, -0.2) is 59.9 Å². The summed E-state index contributed by atoms with van der Waals surface area (Å²) in [6.45, 7) is 8.27. The molecule has 36 heavy (non-hydrogen) atoms. The number of aliphatic hydroxyl groups excluding tert-OH is 1. The van der Waals surface area contributed by atoms with Gasteiger partial charge in [-0.1, -0.05) is 24.6 Å². The Labute approximate surface area is 216 Å². The van der Waals surface area contributed by atoms with Gasteiger partial charge in [0.05, 0.1) is 11.8 Å². The number of hydrogen-bond acceptors (Lipinski definition) is 6. The fourth-order valence-electron chi connectivity index (χ4n) is 8.96. The van der Waals surface area contributed by atoms with Gasteiger partial charge in [0.25, 0.3) is 0 Å². The summed E-state index contributed by atoms with van der Waals surface area (Å²) in [5, 5.41) is 17.6. The fourth-order valence-corrected chi connectivity index (χ4v) is 8.96. The second-order valence-corrected chi connectivity index (χ2v) is 12.9. The van der Waals surface area contributed by atoms with E-state index in [1.165, 1.54) is 31.3 Å². The van der Waals surface area contributed by atoms with Crippen molar-refractivity contribution in [2.75, 3.05) is 20.1 Å². The Morgan fingerprint density at radius 1 is 1.17 bits per heavy atom. The van der Waals surface area contributed by atoms with Gasteiger partial charge in [-0.3, -0.25) is 9.63 Å². The molecule has 0 aromatic carbocycles. The van der Waals surface area contributed by atoms with E-state index in [1.54, 1.807) is 11.9 Å². The van der Waals surface area contributed by atoms with E-state index in [1.807, 2.05) is 13.0 Å². The molecule has 1 amide bonds. The molecule has 0 radical (unpaired) electrons. The minimum atomic E-state index is -0.434. The molecule has 8 atom stereocenters. The lowest BCUT2D eigenvalue weighted by molar-refractivity contribution is -0.117. The first-order chi connectivity index (χ1) is 17.1. The number of rotatable bonds is 5. The predicted octanol–water partition coefficient (Wildman–Crippen LogP) is 4.69. The van der Waals surface area contributed by atoms with Gasteiger partial charge in [-0.2, -0.15) is 0 Å². The number of allylic oxidation sites excluding steroid dienone is 1. The van der Waals surface area contributed by atoms with Crippen LogP contribution in [0.15, 0.2) is 16.8 Å². The van der Waals surface area contributed by atoms with Gasteiger partial charge in [0, 0.05) is 32.0 Å². The molecule has 1 aliphatic heterocycles. The molecule has 1 saturated heterocycles. The van der Waals surface area contributed by atoms with E-state index in [9.17, 15) is 14.7 Å². The van der Waals surface area contributed by atoms with Crippen LogP contribution in [0.4, 0.5) is 4.79 Å². The second-order valence-electron chi connectivity index (χ2n) is 12.9. The Balaban J connectivity index is 1.21. The predicted molar refractivity (Wildman–Crippen MR) is 139 cm³/mol. The van der Waals surface area contributed by atoms with Crippen LogP contribution in [0, 0.1) is 34.5 Å². The molecule has 3 saturated carbocycles. The van der Waals surface area contributed by atoms with Gasteiger partial charge in [0.2, 0.25) is 0 Å². The normalized spacial score (nSPS) is 42.3. The number of amides is 1. The van der Waals surface area contributed by atoms with Crippen LogP contribution >= 0.6 is 0 Å². The highest BCUT2D eigenvalue weighted by Crippen LogP contribution is 2.66. The highest BCUT2D eigenvalue weighted by Gasteiger charge is 2.59. The topological polar surface area (TPSA) is 91.2 Å². The van der Waals surface area contributed by atoms with E-state index in [0.717, 1.165) is 37.9 Å². The van der Waals surface area contributed by atoms with Crippen LogP contribution < -0.4 is 5.32 Å². The molecule has 0 aromatic rings. The number of carbonyl (C=O) groups excluding carboxylic acids is 2. The molecule has 0 bridgehead atoms. The van der Waals surface area contributed by atoms with Crippen molar-refractivity contribution in [1.29, 1.82) is 0 Å². The molecule has 4 fully saturated rings. The molecule has 0 aromatic heterocycles. The van der Waals surface area contributed by atoms with E-state index in [2.05, 4.69) is 24.3 Å². The molecule has 5 aliphatic rings. The fraction of sp³-hybridized carbons (Fsp3) is 0.828. The average Bonchev–Trinajstić information content (AvgIpc) is 3.43. The number of oxime groups is 1. The Morgan fingerprint density at radius 2 is 1.97 bits per heavy atom. The van der Waals surface area contributed by atoms with Crippen molar-refractivity contribution in [2.24, 2.45) is 39.7 Å². The van der Waals surface area contributed by atoms with Crippen molar-refractivity contribution in [3.63, 3.8) is 0 Å². The van der Waals surface area contributed by atoms with Crippen LogP contribution in [0.25, 0.3) is 0 Å². The highest BCUT2D eigenvalue weighted by molar-refractivity contribution is 5.91. The lowest BCUT2D eigenvalue weighted by Gasteiger charge is -2.58. The smallest absolute Gasteiger partial charge is 0.391 e. The summed E-state index contributed by atoms with van der Waals surface area (Å²) in [5.41, 5.74) is 2.76. The van der Waals surface area contributed by atoms with E-state index in [-0.39, 0.29) is 23.0 Å². The average molecular weight is 500 g/mol. The number of aliphatic hydroxyl groups is 1. The lowest BCUT2D eigenvalue weighted by Crippen LogP contribution is -2.51. The van der Waals surface area contributed by atoms with E-state index in [4.69, 9.17) is 4.84 Å². The SMILES string of the molecule is C/C(=N\OC(=O)N(C)CCC1NCCC1O)[C@H]1CC[C@H]2[C@@H]3CCC4=CC(=O)CC[C@]4(C)[C@H]3CC[C@]12C. The van der Waals surface area contributed by atoms with Crippen molar-refractivity contribution in [3.8, 4) is 0 Å². The highest BCUT2D eigenvalue weighted by atomic mass is 16.7. The van der Waals surface area contributed by atoms with Gasteiger partial charge in [-0.15, -0.1) is 0 Å². The maximum absolute atomic E-state index is 12.6. The van der Waals surface area contributed by atoms with Crippen molar-refractivity contribution in [2.45, 2.75) is 97.1 Å². The molecule has 200 valence electrons. The first-order valence-electron chi connectivity index (χ1n) is 14.3. The number of fused-ring (bicyclic) bond motifs is 5. The molecule has 2 N–H and O–H groups in total. The Hall–Kier alpha value is -1.73. The van der Waals surface area contributed by atoms with Gasteiger partial charge in [0.15, 0.2) is 5.78 Å². The quantitative estimate of drug-likeness (QED) is 0.325. The number of nitrogens with one attached hydrogen (secondary N) is 1. The van der Waals surface area contributed by atoms with Gasteiger partial charge < -0.3 is 15.3 Å². The van der Waals surface area contributed by atoms with E-state index in [0.29, 0.717) is 48.8 Å². The number of nitrogens with zero attached hydrogens (tertiary/aromatic N) is 2. The first kappa shape index (κ1) is 25.9. The first-order valence-corrected chi connectivity index (χ1v) is 14.3. The minimum Gasteiger partial charge on any atom is -0.391 e. The maximum Gasteiger partial charge on any atom is 0.435 e. The zero-order chi connectivity index (χ0) is 25.7. The summed E-state index contributed by atoms with van der Waals surface area (Å²) in [5.74, 6) is 2.73. The van der Waals surface area contributed by atoms with Crippen LogP contribution in [0.1, 0.15) is 85.0 Å². The van der Waals surface area contributed by atoms with Gasteiger partial charge >= 0.3 is 6.09 Å². The molecule has 1 heterocycles. The largest absolute Gasteiger partial charge is 0.435 e. The van der Waals surface area contributed by atoms with Crippen LogP contribution in [-0.2, 0) is 9.63 Å². The van der Waals surface area contributed by atoms with Crippen LogP contribution in [0.5, 0.6) is 0 Å². The zero-order valence-corrected chi connectivity index (χ0v) is 22.6. The summed E-state index contributed by atoms with van der Waals surface area (Å²) in [6.07, 6.45) is 11.4. The Bertz CT molecular complexity index is 947. The van der Waals surface area contributed by atoms with E-state index < -0.39 is 6.09 Å². The zero-order valence-electron chi connectivity index (χ0n) is 22.6. The number of hydrogen-bond donors (Lipinski definition) is 2. The standard InChI is InChI=1S/C29H45N3O4/c1-18(31-36-27(35)32(4)16-12-25-26(34)11-15-30-25)22-7-8-23-21-6-5-19-17-20(33)9-13-28(19,2)24(21)10-14-29(22,23)3/h17,21-26,30,34H,5-16H2,1-4H3/b31-18+/t21-,22+,23-,24-,25?,26?,28-,29+/m0/s1. The molecule has 7 heteroatoms. The lowest BCUT2D eigenvalue weighted by atomic mass is 9.46. The van der Waals surface area contributed by atoms with Gasteiger partial charge in [0.1, 0.15) is 0 Å². The molecule has 0 spiro atoms. The molecule has 7 nitrogen and oxygen atoms in total. The maximum atomic E-state index is 12.6. The number of carbonyl (C=O) groups is 2. The van der Waals surface area contributed by atoms with E-state index >= 15 is 0 Å². The minimum absolute atomic E-state index is 0.0405. The Morgan fingerprint density at radius 3 is 2.72 bits per heavy atom. The monoisotopic (exact) mass is 499 g/mol. The van der Waals surface area contributed by atoms with Crippen molar-refractivity contribution in [1.82, 2.24) is 10.2 Å². The third-order valence-corrected chi connectivity index (χ3v) is 11.1. The van der Waals surface area contributed by atoms with Gasteiger partial charge in [-0.25, -0.2) is 4.79 Å². The summed E-state index contributed by atoms with van der Waals surface area (Å²) < 4.78 is 0. The molecule has 4 aliphatic carbocycles. The van der Waals surface area contributed by atoms with Crippen molar-refractivity contribution in [3.05, 3.63) is 11.6 Å². The van der Waals surface area contributed by atoms with Gasteiger partial charge in [-0.05, 0) is 106 Å². The van der Waals surface area contributed by atoms with Crippen LogP contribution in [0.2, 0.25) is 0 Å². The third kappa shape index (κ3) is 4.44. The second kappa shape index (κ2) is 9.86. The number of ketones is 1. The summed E-state index contributed by atoms with van der Waals surface area (Å²) in [7, 11) is 1.73.